The SMILES string of the molecule is CC1CC2CCCCC2C1[Si](C)(C)NC1CCCCC1. The Balaban J connectivity index is 1.68. The zero-order valence-corrected chi connectivity index (χ0v) is 15.0. The average Bonchev–Trinajstić information content (AvgIpc) is 2.75. The van der Waals surface area contributed by atoms with Crippen molar-refractivity contribution in [2.45, 2.75) is 95.8 Å². The van der Waals surface area contributed by atoms with Gasteiger partial charge in [0.25, 0.3) is 0 Å². The molecule has 116 valence electrons. The molecule has 3 fully saturated rings. The maximum Gasteiger partial charge on any atom is 0.123 e. The summed E-state index contributed by atoms with van der Waals surface area (Å²) in [6.45, 7) is 7.87. The van der Waals surface area contributed by atoms with Gasteiger partial charge >= 0.3 is 0 Å². The second kappa shape index (κ2) is 6.12. The highest BCUT2D eigenvalue weighted by atomic mass is 28.3. The van der Waals surface area contributed by atoms with Crippen molar-refractivity contribution in [1.29, 1.82) is 0 Å². The second-order valence-corrected chi connectivity index (χ2v) is 13.0. The van der Waals surface area contributed by atoms with Crippen LogP contribution in [0.1, 0.15) is 71.1 Å². The van der Waals surface area contributed by atoms with Crippen molar-refractivity contribution in [2.24, 2.45) is 17.8 Å². The monoisotopic (exact) mass is 293 g/mol. The molecule has 4 unspecified atom stereocenters. The lowest BCUT2D eigenvalue weighted by Crippen LogP contribution is -2.56. The fourth-order valence-corrected chi connectivity index (χ4v) is 10.8. The smallest absolute Gasteiger partial charge is 0.123 e. The highest BCUT2D eigenvalue weighted by molar-refractivity contribution is 6.76. The highest BCUT2D eigenvalue weighted by Crippen LogP contribution is 2.55. The fourth-order valence-electron chi connectivity index (χ4n) is 6.16. The molecule has 20 heavy (non-hydrogen) atoms. The van der Waals surface area contributed by atoms with Gasteiger partial charge in [0.15, 0.2) is 0 Å². The first-order chi connectivity index (χ1) is 9.58. The normalized spacial score (nSPS) is 39.8. The van der Waals surface area contributed by atoms with E-state index >= 15 is 0 Å². The lowest BCUT2D eigenvalue weighted by atomic mass is 9.82. The predicted molar refractivity (Wildman–Crippen MR) is 90.5 cm³/mol. The Bertz CT molecular complexity index is 321. The van der Waals surface area contributed by atoms with E-state index in [-0.39, 0.29) is 0 Å². The molecule has 0 amide bonds. The van der Waals surface area contributed by atoms with Gasteiger partial charge in [0.1, 0.15) is 8.24 Å². The molecule has 0 saturated heterocycles. The quantitative estimate of drug-likeness (QED) is 0.693. The third-order valence-corrected chi connectivity index (χ3v) is 10.5. The molecule has 1 N–H and O–H groups in total. The molecule has 0 spiro atoms. The van der Waals surface area contributed by atoms with E-state index < -0.39 is 8.24 Å². The van der Waals surface area contributed by atoms with Gasteiger partial charge in [0.05, 0.1) is 0 Å². The van der Waals surface area contributed by atoms with Crippen molar-refractivity contribution in [1.82, 2.24) is 4.98 Å². The number of rotatable bonds is 3. The Kier molecular flexibility index (Phi) is 4.62. The third kappa shape index (κ3) is 3.01. The largest absolute Gasteiger partial charge is 0.334 e. The van der Waals surface area contributed by atoms with Crippen LogP contribution in [0.3, 0.4) is 0 Å². The Morgan fingerprint density at radius 1 is 0.850 bits per heavy atom. The van der Waals surface area contributed by atoms with E-state index in [2.05, 4.69) is 25.0 Å². The van der Waals surface area contributed by atoms with E-state index in [1.54, 1.807) is 12.8 Å². The first kappa shape index (κ1) is 15.1. The van der Waals surface area contributed by atoms with Crippen LogP contribution in [-0.4, -0.2) is 14.3 Å². The molecule has 0 bridgehead atoms. The first-order valence-corrected chi connectivity index (χ1v) is 12.4. The Morgan fingerprint density at radius 2 is 1.50 bits per heavy atom. The minimum atomic E-state index is -1.28. The van der Waals surface area contributed by atoms with Gasteiger partial charge in [-0.3, -0.25) is 0 Å². The van der Waals surface area contributed by atoms with Crippen molar-refractivity contribution >= 4 is 8.24 Å². The number of hydrogen-bond acceptors (Lipinski definition) is 1. The van der Waals surface area contributed by atoms with Gasteiger partial charge in [-0.25, -0.2) is 0 Å². The van der Waals surface area contributed by atoms with Gasteiger partial charge < -0.3 is 4.98 Å². The van der Waals surface area contributed by atoms with E-state index in [1.807, 2.05) is 0 Å². The molecule has 0 radical (unpaired) electrons. The van der Waals surface area contributed by atoms with Crippen LogP contribution in [0, 0.1) is 17.8 Å². The summed E-state index contributed by atoms with van der Waals surface area (Å²) in [4.78, 5) is 4.24. The Labute approximate surface area is 127 Å². The minimum Gasteiger partial charge on any atom is -0.334 e. The van der Waals surface area contributed by atoms with Crippen LogP contribution in [0.2, 0.25) is 18.6 Å². The summed E-state index contributed by atoms with van der Waals surface area (Å²) in [5.41, 5.74) is 1.05. The molecule has 0 heterocycles. The summed E-state index contributed by atoms with van der Waals surface area (Å²) in [7, 11) is -1.28. The maximum atomic E-state index is 4.24. The molecule has 3 aliphatic carbocycles. The van der Waals surface area contributed by atoms with Gasteiger partial charge in [-0.1, -0.05) is 65.0 Å². The summed E-state index contributed by atoms with van der Waals surface area (Å²) in [6, 6.07) is 0.861. The van der Waals surface area contributed by atoms with Gasteiger partial charge in [0, 0.05) is 6.04 Å². The minimum absolute atomic E-state index is 0.861. The van der Waals surface area contributed by atoms with E-state index in [0.717, 1.165) is 29.3 Å². The van der Waals surface area contributed by atoms with Crippen molar-refractivity contribution < 1.29 is 0 Å². The standard InChI is InChI=1S/C18H35NSi/c1-14-13-15-9-7-8-12-17(15)18(14)20(2,3)19-16-10-5-4-6-11-16/h14-19H,4-13H2,1-3H3. The van der Waals surface area contributed by atoms with Gasteiger partial charge in [-0.2, -0.15) is 0 Å². The van der Waals surface area contributed by atoms with Gasteiger partial charge in [-0.05, 0) is 42.6 Å². The fraction of sp³-hybridized carbons (Fsp3) is 1.00. The van der Waals surface area contributed by atoms with Crippen LogP contribution in [-0.2, 0) is 0 Å². The molecular weight excluding hydrogens is 258 g/mol. The zero-order valence-electron chi connectivity index (χ0n) is 14.0. The number of nitrogens with one attached hydrogen (secondary N) is 1. The number of hydrogen-bond donors (Lipinski definition) is 1. The molecule has 0 aromatic rings. The molecule has 3 aliphatic rings. The molecular formula is C18H35NSi. The summed E-state index contributed by atoms with van der Waals surface area (Å²) in [5, 5.41) is 0. The average molecular weight is 294 g/mol. The second-order valence-electron chi connectivity index (χ2n) is 8.65. The summed E-state index contributed by atoms with van der Waals surface area (Å²) in [5.74, 6) is 3.15. The van der Waals surface area contributed by atoms with Crippen molar-refractivity contribution in [3.63, 3.8) is 0 Å². The zero-order chi connectivity index (χ0) is 14.2. The van der Waals surface area contributed by atoms with Crippen molar-refractivity contribution in [3.05, 3.63) is 0 Å². The lowest BCUT2D eigenvalue weighted by Gasteiger charge is -2.42. The van der Waals surface area contributed by atoms with Crippen LogP contribution in [0.15, 0.2) is 0 Å². The van der Waals surface area contributed by atoms with E-state index in [9.17, 15) is 0 Å². The lowest BCUT2D eigenvalue weighted by molar-refractivity contribution is 0.273. The molecule has 3 saturated carbocycles. The summed E-state index contributed by atoms with van der Waals surface area (Å²) in [6.07, 6.45) is 15.0. The molecule has 0 aromatic carbocycles. The van der Waals surface area contributed by atoms with Gasteiger partial charge in [-0.15, -0.1) is 0 Å². The Morgan fingerprint density at radius 3 is 2.25 bits per heavy atom. The molecule has 3 rings (SSSR count). The Hall–Kier alpha value is 0.177. The molecule has 4 atom stereocenters. The van der Waals surface area contributed by atoms with Crippen LogP contribution >= 0.6 is 0 Å². The molecule has 1 nitrogen and oxygen atoms in total. The summed E-state index contributed by atoms with van der Waals surface area (Å²) < 4.78 is 0. The van der Waals surface area contributed by atoms with Crippen molar-refractivity contribution in [2.75, 3.05) is 0 Å². The third-order valence-electron chi connectivity index (χ3n) is 6.73. The van der Waals surface area contributed by atoms with Crippen LogP contribution in [0.4, 0.5) is 0 Å². The van der Waals surface area contributed by atoms with Crippen molar-refractivity contribution in [3.8, 4) is 0 Å². The summed E-state index contributed by atoms with van der Waals surface area (Å²) >= 11 is 0. The van der Waals surface area contributed by atoms with Crippen LogP contribution in [0.5, 0.6) is 0 Å². The molecule has 2 heteroatoms. The maximum absolute atomic E-state index is 4.24. The highest BCUT2D eigenvalue weighted by Gasteiger charge is 2.49. The van der Waals surface area contributed by atoms with E-state index in [1.165, 1.54) is 51.4 Å². The van der Waals surface area contributed by atoms with Crippen LogP contribution < -0.4 is 4.98 Å². The molecule has 0 aromatic heterocycles. The topological polar surface area (TPSA) is 12.0 Å². The molecule has 0 aliphatic heterocycles. The predicted octanol–water partition coefficient (Wildman–Crippen LogP) is 5.33. The number of fused-ring (bicyclic) bond motifs is 1. The van der Waals surface area contributed by atoms with Gasteiger partial charge in [0.2, 0.25) is 0 Å². The van der Waals surface area contributed by atoms with E-state index in [0.29, 0.717) is 0 Å². The van der Waals surface area contributed by atoms with Crippen LogP contribution in [0.25, 0.3) is 0 Å². The van der Waals surface area contributed by atoms with E-state index in [4.69, 9.17) is 0 Å². The first-order valence-electron chi connectivity index (χ1n) is 9.35.